The van der Waals surface area contributed by atoms with Gasteiger partial charge in [0, 0.05) is 25.3 Å². The van der Waals surface area contributed by atoms with E-state index in [0.29, 0.717) is 5.56 Å². The van der Waals surface area contributed by atoms with Gasteiger partial charge in [-0.25, -0.2) is 5.43 Å². The fourth-order valence-corrected chi connectivity index (χ4v) is 2.89. The number of carbonyl (C=O) groups excluding carboxylic acids is 2. The third-order valence-electron chi connectivity index (χ3n) is 4.74. The van der Waals surface area contributed by atoms with E-state index in [4.69, 9.17) is 4.74 Å². The van der Waals surface area contributed by atoms with Gasteiger partial charge in [0.1, 0.15) is 11.4 Å². The molecule has 0 aliphatic heterocycles. The average Bonchev–Trinajstić information content (AvgIpc) is 2.84. The average molecular weight is 443 g/mol. The van der Waals surface area contributed by atoms with Crippen LogP contribution in [0, 0.1) is 0 Å². The fourth-order valence-electron chi connectivity index (χ4n) is 2.89. The number of carbonyl (C=O) groups is 2. The van der Waals surface area contributed by atoms with Gasteiger partial charge in [-0.2, -0.15) is 5.10 Å². The maximum Gasteiger partial charge on any atom is 0.287 e. The van der Waals surface area contributed by atoms with Crippen LogP contribution in [0.5, 0.6) is 5.75 Å². The van der Waals surface area contributed by atoms with Gasteiger partial charge in [0.15, 0.2) is 0 Å². The molecule has 0 spiro atoms. The largest absolute Gasteiger partial charge is 0.497 e. The topological polar surface area (TPSA) is 83.0 Å². The maximum atomic E-state index is 12.8. The van der Waals surface area contributed by atoms with Gasteiger partial charge in [-0.3, -0.25) is 9.59 Å². The number of amides is 2. The van der Waals surface area contributed by atoms with Gasteiger partial charge in [0.25, 0.3) is 11.8 Å². The van der Waals surface area contributed by atoms with Gasteiger partial charge in [0.05, 0.1) is 13.3 Å². The molecule has 0 aromatic heterocycles. The third-order valence-corrected chi connectivity index (χ3v) is 4.74. The number of nitrogens with one attached hydrogen (secondary N) is 2. The van der Waals surface area contributed by atoms with E-state index in [1.54, 1.807) is 49.6 Å². The van der Waals surface area contributed by atoms with Crippen LogP contribution in [0.15, 0.2) is 89.7 Å². The summed E-state index contributed by atoms with van der Waals surface area (Å²) in [4.78, 5) is 27.5. The van der Waals surface area contributed by atoms with Crippen molar-refractivity contribution in [1.29, 1.82) is 0 Å². The van der Waals surface area contributed by atoms with E-state index in [-0.39, 0.29) is 11.6 Å². The van der Waals surface area contributed by atoms with Crippen LogP contribution in [0.2, 0.25) is 0 Å². The van der Waals surface area contributed by atoms with Crippen LogP contribution in [-0.2, 0) is 4.79 Å². The van der Waals surface area contributed by atoms with Gasteiger partial charge >= 0.3 is 0 Å². The Hall–Kier alpha value is -4.39. The number of methoxy groups -OCH3 is 1. The van der Waals surface area contributed by atoms with Crippen LogP contribution in [-0.4, -0.2) is 39.2 Å². The highest BCUT2D eigenvalue weighted by atomic mass is 16.5. The molecule has 0 aliphatic rings. The Bertz CT molecular complexity index is 1140. The lowest BCUT2D eigenvalue weighted by Gasteiger charge is -2.12. The van der Waals surface area contributed by atoms with Crippen molar-refractivity contribution in [3.8, 4) is 5.75 Å². The molecule has 0 atom stereocenters. The van der Waals surface area contributed by atoms with Crippen molar-refractivity contribution in [3.05, 3.63) is 101 Å². The van der Waals surface area contributed by atoms with Crippen molar-refractivity contribution in [1.82, 2.24) is 10.7 Å². The smallest absolute Gasteiger partial charge is 0.287 e. The van der Waals surface area contributed by atoms with E-state index in [1.165, 1.54) is 6.21 Å². The number of benzene rings is 3. The zero-order valence-electron chi connectivity index (χ0n) is 18.8. The number of ether oxygens (including phenoxy) is 1. The lowest BCUT2D eigenvalue weighted by Crippen LogP contribution is -2.32. The summed E-state index contributed by atoms with van der Waals surface area (Å²) in [6.07, 6.45) is 3.12. The first-order valence-corrected chi connectivity index (χ1v) is 10.3. The molecule has 0 heterocycles. The first kappa shape index (κ1) is 23.3. The molecule has 2 N–H and O–H groups in total. The normalized spacial score (nSPS) is 11.2. The molecule has 0 saturated carbocycles. The summed E-state index contributed by atoms with van der Waals surface area (Å²) in [6, 6.07) is 23.5. The first-order valence-electron chi connectivity index (χ1n) is 10.3. The number of rotatable bonds is 8. The summed E-state index contributed by atoms with van der Waals surface area (Å²) in [5.41, 5.74) is 5.57. The van der Waals surface area contributed by atoms with Gasteiger partial charge in [0.2, 0.25) is 0 Å². The molecule has 7 heteroatoms. The van der Waals surface area contributed by atoms with Crippen LogP contribution in [0.25, 0.3) is 6.08 Å². The number of anilines is 1. The van der Waals surface area contributed by atoms with Gasteiger partial charge in [-0.05, 0) is 65.7 Å². The number of hydrogen-bond donors (Lipinski definition) is 2. The monoisotopic (exact) mass is 442 g/mol. The van der Waals surface area contributed by atoms with Crippen molar-refractivity contribution in [2.45, 2.75) is 0 Å². The van der Waals surface area contributed by atoms with E-state index in [0.717, 1.165) is 22.6 Å². The van der Waals surface area contributed by atoms with Crippen LogP contribution >= 0.6 is 0 Å². The molecule has 3 rings (SSSR count). The Morgan fingerprint density at radius 2 is 1.52 bits per heavy atom. The molecular weight excluding hydrogens is 416 g/mol. The predicted molar refractivity (Wildman–Crippen MR) is 131 cm³/mol. The second-order valence-electron chi connectivity index (χ2n) is 7.34. The molecule has 33 heavy (non-hydrogen) atoms. The van der Waals surface area contributed by atoms with Gasteiger partial charge in [-0.1, -0.05) is 30.3 Å². The zero-order valence-corrected chi connectivity index (χ0v) is 18.8. The summed E-state index contributed by atoms with van der Waals surface area (Å²) in [6.45, 7) is 0. The maximum absolute atomic E-state index is 12.8. The highest BCUT2D eigenvalue weighted by Gasteiger charge is 2.14. The van der Waals surface area contributed by atoms with Crippen molar-refractivity contribution < 1.29 is 14.3 Å². The Balaban J connectivity index is 1.79. The van der Waals surface area contributed by atoms with Crippen molar-refractivity contribution in [3.63, 3.8) is 0 Å². The molecule has 0 saturated heterocycles. The molecule has 7 nitrogen and oxygen atoms in total. The van der Waals surface area contributed by atoms with E-state index < -0.39 is 5.91 Å². The van der Waals surface area contributed by atoms with E-state index in [2.05, 4.69) is 15.8 Å². The van der Waals surface area contributed by atoms with E-state index >= 15 is 0 Å². The van der Waals surface area contributed by atoms with Crippen molar-refractivity contribution in [2.24, 2.45) is 5.10 Å². The summed E-state index contributed by atoms with van der Waals surface area (Å²) in [7, 11) is 5.49. The fraction of sp³-hybridized carbons (Fsp3) is 0.115. The van der Waals surface area contributed by atoms with Crippen LogP contribution in [0.3, 0.4) is 0 Å². The predicted octanol–water partition coefficient (Wildman–Crippen LogP) is 3.68. The summed E-state index contributed by atoms with van der Waals surface area (Å²) < 4.78 is 5.13. The lowest BCUT2D eigenvalue weighted by atomic mass is 10.1. The Kier molecular flexibility index (Phi) is 7.96. The minimum absolute atomic E-state index is 0.0772. The second-order valence-corrected chi connectivity index (χ2v) is 7.34. The molecule has 168 valence electrons. The third kappa shape index (κ3) is 6.80. The van der Waals surface area contributed by atoms with Crippen molar-refractivity contribution in [2.75, 3.05) is 26.1 Å². The molecule has 0 radical (unpaired) electrons. The summed E-state index contributed by atoms with van der Waals surface area (Å²) in [5, 5.41) is 6.70. The molecule has 2 amide bonds. The van der Waals surface area contributed by atoms with Gasteiger partial charge in [-0.15, -0.1) is 0 Å². The highest BCUT2D eigenvalue weighted by Crippen LogP contribution is 2.15. The number of hydrogen-bond acceptors (Lipinski definition) is 5. The molecular formula is C26H26N4O3. The van der Waals surface area contributed by atoms with Crippen LogP contribution in [0.4, 0.5) is 5.69 Å². The molecule has 0 aliphatic carbocycles. The number of hydrazone groups is 1. The molecule has 0 unspecified atom stereocenters. The zero-order chi connectivity index (χ0) is 23.6. The minimum atomic E-state index is -0.541. The molecule has 0 bridgehead atoms. The van der Waals surface area contributed by atoms with Crippen molar-refractivity contribution >= 4 is 29.8 Å². The Morgan fingerprint density at radius 1 is 0.879 bits per heavy atom. The van der Waals surface area contributed by atoms with E-state index in [9.17, 15) is 9.59 Å². The number of nitrogens with zero attached hydrogens (tertiary/aromatic N) is 2. The summed E-state index contributed by atoms with van der Waals surface area (Å²) in [5.74, 6) is -0.202. The van der Waals surface area contributed by atoms with Gasteiger partial charge < -0.3 is 15.0 Å². The Labute approximate surface area is 193 Å². The van der Waals surface area contributed by atoms with Crippen LogP contribution in [0.1, 0.15) is 21.5 Å². The second kappa shape index (κ2) is 11.3. The molecule has 3 aromatic carbocycles. The molecule has 3 aromatic rings. The standard InChI is InChI=1S/C26H26N4O3/c1-30(2)22-13-9-19(10-14-22)17-24(28-25(31)21-7-5-4-6-8-21)26(32)29-27-18-20-11-15-23(33-3)16-12-20/h4-18H,1-3H3,(H,28,31)(H,29,32)/b24-17-,27-18+. The highest BCUT2D eigenvalue weighted by molar-refractivity contribution is 6.05. The lowest BCUT2D eigenvalue weighted by molar-refractivity contribution is -0.117. The summed E-state index contributed by atoms with van der Waals surface area (Å²) >= 11 is 0. The van der Waals surface area contributed by atoms with Crippen LogP contribution < -0.4 is 20.4 Å². The first-order chi connectivity index (χ1) is 16.0. The minimum Gasteiger partial charge on any atom is -0.497 e. The molecule has 0 fully saturated rings. The van der Waals surface area contributed by atoms with E-state index in [1.807, 2.05) is 61.5 Å². The quantitative estimate of drug-likeness (QED) is 0.317. The SMILES string of the molecule is COc1ccc(/C=N/NC(=O)/C(=C/c2ccc(N(C)C)cc2)NC(=O)c2ccccc2)cc1. The Morgan fingerprint density at radius 3 is 2.12 bits per heavy atom.